The highest BCUT2D eigenvalue weighted by molar-refractivity contribution is 7.14. The molecule has 1 atom stereocenters. The molecule has 1 aromatic rings. The second-order valence-electron chi connectivity index (χ2n) is 8.66. The summed E-state index contributed by atoms with van der Waals surface area (Å²) in [5.74, 6) is 0.0648. The Morgan fingerprint density at radius 3 is 2.17 bits per heavy atom. The van der Waals surface area contributed by atoms with Gasteiger partial charge in [-0.2, -0.15) is 0 Å². The van der Waals surface area contributed by atoms with E-state index in [0.717, 1.165) is 37.2 Å². The lowest BCUT2D eigenvalue weighted by Gasteiger charge is -2.33. The molecule has 1 unspecified atom stereocenters. The minimum Gasteiger partial charge on any atom is -0.353 e. The van der Waals surface area contributed by atoms with Crippen LogP contribution in [0.15, 0.2) is 17.5 Å². The highest BCUT2D eigenvalue weighted by Gasteiger charge is 2.29. The smallest absolute Gasteiger partial charge is 0.322 e. The zero-order valence-corrected chi connectivity index (χ0v) is 18.5. The predicted octanol–water partition coefficient (Wildman–Crippen LogP) is 5.78. The van der Waals surface area contributed by atoms with Crippen molar-refractivity contribution in [2.24, 2.45) is 5.92 Å². The number of piperidine rings is 1. The summed E-state index contributed by atoms with van der Waals surface area (Å²) in [6, 6.07) is 4.05. The van der Waals surface area contributed by atoms with Gasteiger partial charge < -0.3 is 10.2 Å². The summed E-state index contributed by atoms with van der Waals surface area (Å²) in [4.78, 5) is 27.3. The number of nitrogens with zero attached hydrogens (tertiary/aromatic N) is 1. The number of thiophene rings is 1. The number of urea groups is 1. The molecule has 0 spiro atoms. The van der Waals surface area contributed by atoms with E-state index in [9.17, 15) is 9.59 Å². The Morgan fingerprint density at radius 2 is 1.55 bits per heavy atom. The van der Waals surface area contributed by atoms with E-state index in [-0.39, 0.29) is 17.9 Å². The molecule has 2 heterocycles. The Labute approximate surface area is 179 Å². The first kappa shape index (κ1) is 22.1. The van der Waals surface area contributed by atoms with E-state index in [0.29, 0.717) is 12.6 Å². The molecule has 162 valence electrons. The van der Waals surface area contributed by atoms with E-state index in [4.69, 9.17) is 0 Å². The Bertz CT molecular complexity index is 608. The molecule has 2 fully saturated rings. The minimum absolute atomic E-state index is 0.0841. The highest BCUT2D eigenvalue weighted by Crippen LogP contribution is 2.22. The molecule has 0 aromatic carbocycles. The van der Waals surface area contributed by atoms with Gasteiger partial charge in [0.1, 0.15) is 0 Å². The van der Waals surface area contributed by atoms with Crippen molar-refractivity contribution >= 4 is 28.3 Å². The van der Waals surface area contributed by atoms with E-state index >= 15 is 0 Å². The van der Waals surface area contributed by atoms with Crippen LogP contribution in [-0.2, 0) is 4.79 Å². The van der Waals surface area contributed by atoms with E-state index in [1.807, 2.05) is 17.5 Å². The number of anilines is 1. The molecule has 2 aliphatic rings. The molecule has 1 aliphatic heterocycles. The number of likely N-dealkylation sites (tertiary alicyclic amines) is 1. The average Bonchev–Trinajstić information content (AvgIpc) is 3.23. The van der Waals surface area contributed by atoms with Crippen LogP contribution in [0.1, 0.15) is 83.5 Å². The lowest BCUT2D eigenvalue weighted by molar-refractivity contribution is -0.127. The number of carbonyl (C=O) groups excluding carboxylic acids is 2. The van der Waals surface area contributed by atoms with E-state index in [1.165, 1.54) is 69.1 Å². The maximum atomic E-state index is 13.0. The molecule has 2 N–H and O–H groups in total. The van der Waals surface area contributed by atoms with Crippen molar-refractivity contribution in [3.05, 3.63) is 17.5 Å². The SMILES string of the molecule is O=C(NC1CCCCCCCCCCC1)C1CCCN(C(=O)Nc2cccs2)C1. The monoisotopic (exact) mass is 419 g/mol. The molecule has 1 saturated carbocycles. The van der Waals surface area contributed by atoms with E-state index in [1.54, 1.807) is 4.90 Å². The van der Waals surface area contributed by atoms with Crippen LogP contribution in [0, 0.1) is 5.92 Å². The maximum absolute atomic E-state index is 13.0. The van der Waals surface area contributed by atoms with Crippen molar-refractivity contribution in [3.63, 3.8) is 0 Å². The Hall–Kier alpha value is -1.56. The number of rotatable bonds is 3. The quantitative estimate of drug-likeness (QED) is 0.652. The number of amides is 3. The molecule has 6 heteroatoms. The van der Waals surface area contributed by atoms with Gasteiger partial charge in [-0.25, -0.2) is 4.79 Å². The summed E-state index contributed by atoms with van der Waals surface area (Å²) in [6.07, 6.45) is 15.7. The first-order valence-electron chi connectivity index (χ1n) is 11.6. The van der Waals surface area contributed by atoms with Gasteiger partial charge in [0.25, 0.3) is 0 Å². The van der Waals surface area contributed by atoms with Crippen molar-refractivity contribution in [3.8, 4) is 0 Å². The molecule has 1 aliphatic carbocycles. The molecule has 29 heavy (non-hydrogen) atoms. The van der Waals surface area contributed by atoms with Gasteiger partial charge in [0.15, 0.2) is 0 Å². The lowest BCUT2D eigenvalue weighted by atomic mass is 9.94. The van der Waals surface area contributed by atoms with Gasteiger partial charge >= 0.3 is 6.03 Å². The van der Waals surface area contributed by atoms with Gasteiger partial charge in [0.2, 0.25) is 5.91 Å². The molecule has 0 bridgehead atoms. The third-order valence-electron chi connectivity index (χ3n) is 6.28. The fourth-order valence-corrected chi connectivity index (χ4v) is 5.14. The van der Waals surface area contributed by atoms with Crippen LogP contribution in [0.2, 0.25) is 0 Å². The number of nitrogens with one attached hydrogen (secondary N) is 2. The molecule has 3 rings (SSSR count). The van der Waals surface area contributed by atoms with Crippen LogP contribution >= 0.6 is 11.3 Å². The molecular weight excluding hydrogens is 382 g/mol. The molecule has 1 aromatic heterocycles. The number of carbonyl (C=O) groups is 2. The van der Waals surface area contributed by atoms with Crippen LogP contribution in [0.4, 0.5) is 9.80 Å². The summed E-state index contributed by atoms with van der Waals surface area (Å²) in [6.45, 7) is 1.25. The second-order valence-corrected chi connectivity index (χ2v) is 9.61. The fourth-order valence-electron chi connectivity index (χ4n) is 4.54. The van der Waals surface area contributed by atoms with Crippen LogP contribution in [-0.4, -0.2) is 36.0 Å². The standard InChI is InChI=1S/C23H37N3O2S/c27-22(24-20-13-8-6-4-2-1-3-5-7-9-14-20)19-12-10-16-26(18-19)23(28)25-21-15-11-17-29-21/h11,15,17,19-20H,1-10,12-14,16,18H2,(H,24,27)(H,25,28). The van der Waals surface area contributed by atoms with Crippen LogP contribution in [0.5, 0.6) is 0 Å². The summed E-state index contributed by atoms with van der Waals surface area (Å²) < 4.78 is 0. The van der Waals surface area contributed by atoms with Gasteiger partial charge in [0.05, 0.1) is 10.9 Å². The van der Waals surface area contributed by atoms with Crippen molar-refractivity contribution in [1.29, 1.82) is 0 Å². The largest absolute Gasteiger partial charge is 0.353 e. The second kappa shape index (κ2) is 12.2. The topological polar surface area (TPSA) is 61.4 Å². The summed E-state index contributed by atoms with van der Waals surface area (Å²) in [5.41, 5.74) is 0. The van der Waals surface area contributed by atoms with E-state index in [2.05, 4.69) is 10.6 Å². The Morgan fingerprint density at radius 1 is 0.897 bits per heavy atom. The Kier molecular flexibility index (Phi) is 9.32. The lowest BCUT2D eigenvalue weighted by Crippen LogP contribution is -2.48. The van der Waals surface area contributed by atoms with Crippen LogP contribution in [0.25, 0.3) is 0 Å². The van der Waals surface area contributed by atoms with Gasteiger partial charge in [-0.3, -0.25) is 10.1 Å². The number of hydrogen-bond donors (Lipinski definition) is 2. The predicted molar refractivity (Wildman–Crippen MR) is 120 cm³/mol. The summed E-state index contributed by atoms with van der Waals surface area (Å²) in [7, 11) is 0. The highest BCUT2D eigenvalue weighted by atomic mass is 32.1. The van der Waals surface area contributed by atoms with Gasteiger partial charge in [-0.1, -0.05) is 57.8 Å². The third-order valence-corrected chi connectivity index (χ3v) is 7.07. The molecule has 5 nitrogen and oxygen atoms in total. The summed E-state index contributed by atoms with van der Waals surface area (Å²) >= 11 is 1.52. The van der Waals surface area contributed by atoms with Crippen molar-refractivity contribution < 1.29 is 9.59 Å². The van der Waals surface area contributed by atoms with Gasteiger partial charge in [-0.15, -0.1) is 11.3 Å². The maximum Gasteiger partial charge on any atom is 0.322 e. The van der Waals surface area contributed by atoms with Crippen molar-refractivity contribution in [2.45, 2.75) is 89.5 Å². The average molecular weight is 420 g/mol. The first-order valence-corrected chi connectivity index (χ1v) is 12.5. The summed E-state index contributed by atoms with van der Waals surface area (Å²) in [5, 5.41) is 9.10. The zero-order valence-electron chi connectivity index (χ0n) is 17.7. The molecular formula is C23H37N3O2S. The van der Waals surface area contributed by atoms with Gasteiger partial charge in [-0.05, 0) is 43.2 Å². The van der Waals surface area contributed by atoms with Crippen molar-refractivity contribution in [1.82, 2.24) is 10.2 Å². The fraction of sp³-hybridized carbons (Fsp3) is 0.739. The molecule has 3 amide bonds. The van der Waals surface area contributed by atoms with Crippen LogP contribution < -0.4 is 10.6 Å². The third kappa shape index (κ3) is 7.65. The Balaban J connectivity index is 1.47. The first-order chi connectivity index (χ1) is 14.2. The van der Waals surface area contributed by atoms with Crippen molar-refractivity contribution in [2.75, 3.05) is 18.4 Å². The van der Waals surface area contributed by atoms with E-state index < -0.39 is 0 Å². The number of hydrogen-bond acceptors (Lipinski definition) is 3. The molecule has 0 radical (unpaired) electrons. The van der Waals surface area contributed by atoms with Crippen LogP contribution in [0.3, 0.4) is 0 Å². The van der Waals surface area contributed by atoms with Gasteiger partial charge in [0, 0.05) is 19.1 Å². The molecule has 1 saturated heterocycles. The minimum atomic E-state index is -0.0871. The normalized spacial score (nSPS) is 22.9. The zero-order chi connectivity index (χ0) is 20.3.